The van der Waals surface area contributed by atoms with E-state index in [2.05, 4.69) is 97.6 Å². The maximum absolute atomic E-state index is 6.36. The van der Waals surface area contributed by atoms with Crippen LogP contribution in [0.3, 0.4) is 0 Å². The van der Waals surface area contributed by atoms with Crippen LogP contribution in [0.4, 0.5) is 0 Å². The standard InChI is InChI=1S/C27H30O2P/c1-23(2)19-28-20-24(3)21-29-22-30(25-13-7-4-8-14-25,26-15-9-5-10-16-26)27-17-11-6-12-18-27/h4-18,20H,1,19,21-22H2,2-3H3/q+1. The van der Waals surface area contributed by atoms with E-state index in [-0.39, 0.29) is 0 Å². The molecule has 0 spiro atoms. The highest BCUT2D eigenvalue weighted by Crippen LogP contribution is 2.55. The molecular formula is C27H30O2P+. The van der Waals surface area contributed by atoms with Crippen LogP contribution in [0.2, 0.25) is 0 Å². The van der Waals surface area contributed by atoms with Gasteiger partial charge in [-0.15, -0.1) is 0 Å². The second-order valence-electron chi connectivity index (χ2n) is 7.53. The van der Waals surface area contributed by atoms with Gasteiger partial charge in [-0.05, 0) is 61.4 Å². The van der Waals surface area contributed by atoms with Gasteiger partial charge in [0.15, 0.2) is 6.35 Å². The first-order valence-corrected chi connectivity index (χ1v) is 12.1. The van der Waals surface area contributed by atoms with Crippen molar-refractivity contribution in [1.82, 2.24) is 0 Å². The molecule has 3 aromatic carbocycles. The zero-order valence-corrected chi connectivity index (χ0v) is 18.7. The van der Waals surface area contributed by atoms with Crippen LogP contribution in [0, 0.1) is 0 Å². The van der Waals surface area contributed by atoms with Gasteiger partial charge in [-0.2, -0.15) is 0 Å². The van der Waals surface area contributed by atoms with E-state index in [9.17, 15) is 0 Å². The van der Waals surface area contributed by atoms with Gasteiger partial charge in [0.25, 0.3) is 0 Å². The lowest BCUT2D eigenvalue weighted by Crippen LogP contribution is -2.34. The first kappa shape index (κ1) is 22.0. The quantitative estimate of drug-likeness (QED) is 0.248. The average Bonchev–Trinajstić information content (AvgIpc) is 2.78. The van der Waals surface area contributed by atoms with Gasteiger partial charge in [0.1, 0.15) is 29.8 Å². The summed E-state index contributed by atoms with van der Waals surface area (Å²) in [5.74, 6) is 0. The Bertz CT molecular complexity index is 853. The first-order valence-electron chi connectivity index (χ1n) is 10.2. The topological polar surface area (TPSA) is 18.5 Å². The number of ether oxygens (including phenoxy) is 2. The lowest BCUT2D eigenvalue weighted by molar-refractivity contribution is 0.198. The number of rotatable bonds is 10. The third kappa shape index (κ3) is 5.48. The van der Waals surface area contributed by atoms with Gasteiger partial charge in [0, 0.05) is 0 Å². The summed E-state index contributed by atoms with van der Waals surface area (Å²) in [6.07, 6.45) is 2.42. The van der Waals surface area contributed by atoms with Gasteiger partial charge >= 0.3 is 0 Å². The Labute approximate surface area is 181 Å². The fourth-order valence-electron chi connectivity index (χ4n) is 3.42. The fourth-order valence-corrected chi connectivity index (χ4v) is 7.17. The van der Waals surface area contributed by atoms with Gasteiger partial charge in [-0.25, -0.2) is 0 Å². The third-order valence-electron chi connectivity index (χ3n) is 4.82. The Kier molecular flexibility index (Phi) is 8.02. The summed E-state index contributed by atoms with van der Waals surface area (Å²) in [5.41, 5.74) is 2.06. The van der Waals surface area contributed by atoms with Gasteiger partial charge in [-0.1, -0.05) is 61.2 Å². The van der Waals surface area contributed by atoms with E-state index in [0.717, 1.165) is 11.1 Å². The molecule has 0 aliphatic carbocycles. The maximum Gasteiger partial charge on any atom is 0.171 e. The molecule has 30 heavy (non-hydrogen) atoms. The van der Waals surface area contributed by atoms with Crippen LogP contribution < -0.4 is 15.9 Å². The average molecular weight is 418 g/mol. The Morgan fingerprint density at radius 3 is 1.57 bits per heavy atom. The van der Waals surface area contributed by atoms with Crippen molar-refractivity contribution >= 4 is 23.2 Å². The predicted molar refractivity (Wildman–Crippen MR) is 130 cm³/mol. The van der Waals surface area contributed by atoms with Gasteiger partial charge in [0.2, 0.25) is 0 Å². The van der Waals surface area contributed by atoms with E-state index in [0.29, 0.717) is 19.6 Å². The van der Waals surface area contributed by atoms with Gasteiger partial charge in [0.05, 0.1) is 12.9 Å². The van der Waals surface area contributed by atoms with Crippen LogP contribution in [-0.4, -0.2) is 19.6 Å². The number of benzene rings is 3. The first-order chi connectivity index (χ1) is 14.6. The minimum absolute atomic E-state index is 0.532. The minimum Gasteiger partial charge on any atom is -0.497 e. The maximum atomic E-state index is 6.36. The molecule has 0 aromatic heterocycles. The molecule has 0 N–H and O–H groups in total. The van der Waals surface area contributed by atoms with Crippen LogP contribution in [0.1, 0.15) is 13.8 Å². The zero-order chi connectivity index (χ0) is 21.2. The van der Waals surface area contributed by atoms with Crippen molar-refractivity contribution < 1.29 is 9.47 Å². The predicted octanol–water partition coefficient (Wildman–Crippen LogP) is 5.45. The Morgan fingerprint density at radius 2 is 1.17 bits per heavy atom. The van der Waals surface area contributed by atoms with Crippen molar-refractivity contribution in [2.24, 2.45) is 0 Å². The van der Waals surface area contributed by atoms with E-state index in [1.54, 1.807) is 6.26 Å². The zero-order valence-electron chi connectivity index (χ0n) is 17.8. The molecule has 3 heteroatoms. The summed E-state index contributed by atoms with van der Waals surface area (Å²) in [7, 11) is -1.96. The lowest BCUT2D eigenvalue weighted by atomic mass is 10.3. The van der Waals surface area contributed by atoms with Crippen molar-refractivity contribution in [1.29, 1.82) is 0 Å². The molecule has 0 unspecified atom stereocenters. The van der Waals surface area contributed by atoms with Crippen molar-refractivity contribution in [3.05, 3.63) is 115 Å². The van der Waals surface area contributed by atoms with Crippen molar-refractivity contribution in [3.63, 3.8) is 0 Å². The molecule has 0 amide bonds. The highest BCUT2D eigenvalue weighted by atomic mass is 31.2. The van der Waals surface area contributed by atoms with Crippen LogP contribution in [-0.2, 0) is 9.47 Å². The molecule has 0 atom stereocenters. The second kappa shape index (κ2) is 10.9. The molecular weight excluding hydrogens is 387 g/mol. The van der Waals surface area contributed by atoms with E-state index >= 15 is 0 Å². The van der Waals surface area contributed by atoms with Crippen molar-refractivity contribution in [3.8, 4) is 0 Å². The normalized spacial score (nSPS) is 11.9. The second-order valence-corrected chi connectivity index (χ2v) is 11.0. The SMILES string of the molecule is C=C(C)COC=C(C)COC[P+](c1ccccc1)(c1ccccc1)c1ccccc1. The van der Waals surface area contributed by atoms with Crippen LogP contribution in [0.25, 0.3) is 0 Å². The Morgan fingerprint density at radius 1 is 0.733 bits per heavy atom. The fraction of sp³-hybridized carbons (Fsp3) is 0.185. The van der Waals surface area contributed by atoms with Crippen LogP contribution >= 0.6 is 7.26 Å². The summed E-state index contributed by atoms with van der Waals surface area (Å²) in [5, 5.41) is 3.97. The van der Waals surface area contributed by atoms with Gasteiger partial charge < -0.3 is 9.47 Å². The van der Waals surface area contributed by atoms with E-state index in [1.807, 2.05) is 13.8 Å². The van der Waals surface area contributed by atoms with Crippen molar-refractivity contribution in [2.75, 3.05) is 19.6 Å². The summed E-state index contributed by atoms with van der Waals surface area (Å²) in [6.45, 7) is 8.92. The Balaban J connectivity index is 1.94. The number of hydrogen-bond donors (Lipinski definition) is 0. The molecule has 3 aromatic rings. The summed E-state index contributed by atoms with van der Waals surface area (Å²) < 4.78 is 11.9. The number of hydrogen-bond acceptors (Lipinski definition) is 2. The molecule has 0 bridgehead atoms. The summed E-state index contributed by atoms with van der Waals surface area (Å²) in [4.78, 5) is 0. The van der Waals surface area contributed by atoms with E-state index in [1.165, 1.54) is 15.9 Å². The highest BCUT2D eigenvalue weighted by Gasteiger charge is 2.45. The van der Waals surface area contributed by atoms with Crippen LogP contribution in [0.5, 0.6) is 0 Å². The highest BCUT2D eigenvalue weighted by molar-refractivity contribution is 7.95. The molecule has 0 aliphatic heterocycles. The largest absolute Gasteiger partial charge is 0.497 e. The molecule has 0 saturated carbocycles. The molecule has 0 heterocycles. The molecule has 3 rings (SSSR count). The lowest BCUT2D eigenvalue weighted by Gasteiger charge is -2.27. The van der Waals surface area contributed by atoms with Crippen LogP contribution in [0.15, 0.2) is 115 Å². The molecule has 0 radical (unpaired) electrons. The Hall–Kier alpha value is -2.67. The molecule has 2 nitrogen and oxygen atoms in total. The monoisotopic (exact) mass is 417 g/mol. The van der Waals surface area contributed by atoms with E-state index < -0.39 is 7.26 Å². The van der Waals surface area contributed by atoms with E-state index in [4.69, 9.17) is 9.47 Å². The third-order valence-corrected chi connectivity index (χ3v) is 8.93. The molecule has 154 valence electrons. The molecule has 0 saturated heterocycles. The summed E-state index contributed by atoms with van der Waals surface area (Å²) >= 11 is 0. The smallest absolute Gasteiger partial charge is 0.171 e. The van der Waals surface area contributed by atoms with Gasteiger partial charge in [-0.3, -0.25) is 0 Å². The van der Waals surface area contributed by atoms with Crippen molar-refractivity contribution in [2.45, 2.75) is 13.8 Å². The minimum atomic E-state index is -1.96. The molecule has 0 fully saturated rings. The summed E-state index contributed by atoms with van der Waals surface area (Å²) in [6, 6.07) is 32.3. The molecule has 0 aliphatic rings.